The van der Waals surface area contributed by atoms with Crippen molar-refractivity contribution in [2.75, 3.05) is 13.1 Å². The first kappa shape index (κ1) is 16.8. The van der Waals surface area contributed by atoms with Crippen molar-refractivity contribution in [3.63, 3.8) is 0 Å². The van der Waals surface area contributed by atoms with Crippen LogP contribution in [0.15, 0.2) is 0 Å². The second-order valence-electron chi connectivity index (χ2n) is 6.91. The van der Waals surface area contributed by atoms with Crippen LogP contribution in [0.1, 0.15) is 52.9 Å². The summed E-state index contributed by atoms with van der Waals surface area (Å²) in [5, 5.41) is 2.88. The van der Waals surface area contributed by atoms with Gasteiger partial charge >= 0.3 is 6.03 Å². The van der Waals surface area contributed by atoms with Crippen LogP contribution in [-0.4, -0.2) is 52.8 Å². The van der Waals surface area contributed by atoms with Gasteiger partial charge in [0.05, 0.1) is 0 Å². The molecule has 1 aliphatic heterocycles. The monoisotopic (exact) mass is 309 g/mol. The van der Waals surface area contributed by atoms with Gasteiger partial charge in [0.25, 0.3) is 5.91 Å². The normalized spacial score (nSPS) is 20.0. The first-order valence-corrected chi connectivity index (χ1v) is 8.28. The molecule has 2 aliphatic rings. The van der Waals surface area contributed by atoms with Crippen LogP contribution in [0.5, 0.6) is 0 Å². The van der Waals surface area contributed by atoms with Gasteiger partial charge in [0.15, 0.2) is 0 Å². The highest BCUT2D eigenvalue weighted by molar-refractivity contribution is 6.04. The molecule has 124 valence electrons. The number of hydrogen-bond acceptors (Lipinski definition) is 3. The fourth-order valence-corrected chi connectivity index (χ4v) is 2.76. The number of hydrogen-bond donors (Lipinski definition) is 1. The molecule has 22 heavy (non-hydrogen) atoms. The molecule has 0 aromatic carbocycles. The Bertz CT molecular complexity index is 446. The molecular weight excluding hydrogens is 282 g/mol. The molecule has 1 saturated heterocycles. The van der Waals surface area contributed by atoms with E-state index in [1.54, 1.807) is 4.90 Å². The van der Waals surface area contributed by atoms with Gasteiger partial charge in [-0.15, -0.1) is 0 Å². The van der Waals surface area contributed by atoms with E-state index in [1.807, 2.05) is 6.92 Å². The fraction of sp³-hybridized carbons (Fsp3) is 0.812. The maximum atomic E-state index is 12.1. The number of carbonyl (C=O) groups excluding carboxylic acids is 3. The van der Waals surface area contributed by atoms with E-state index in [4.69, 9.17) is 0 Å². The van der Waals surface area contributed by atoms with Crippen LogP contribution in [-0.2, 0) is 9.59 Å². The van der Waals surface area contributed by atoms with E-state index in [-0.39, 0.29) is 43.0 Å². The van der Waals surface area contributed by atoms with E-state index in [2.05, 4.69) is 19.2 Å². The Labute approximate surface area is 132 Å². The third kappa shape index (κ3) is 4.45. The Balaban J connectivity index is 1.74. The van der Waals surface area contributed by atoms with Crippen molar-refractivity contribution >= 4 is 17.8 Å². The van der Waals surface area contributed by atoms with Crippen molar-refractivity contribution in [3.8, 4) is 0 Å². The number of carbonyl (C=O) groups is 3. The summed E-state index contributed by atoms with van der Waals surface area (Å²) in [4.78, 5) is 38.7. The van der Waals surface area contributed by atoms with Crippen LogP contribution in [0, 0.1) is 5.92 Å². The summed E-state index contributed by atoms with van der Waals surface area (Å²) in [7, 11) is 0. The smallest absolute Gasteiger partial charge is 0.327 e. The predicted octanol–water partition coefficient (Wildman–Crippen LogP) is 1.74. The van der Waals surface area contributed by atoms with Crippen LogP contribution in [0.4, 0.5) is 4.79 Å². The number of nitrogens with one attached hydrogen (secondary N) is 1. The van der Waals surface area contributed by atoms with Gasteiger partial charge in [0.2, 0.25) is 5.91 Å². The van der Waals surface area contributed by atoms with Crippen molar-refractivity contribution in [2.45, 2.75) is 65.0 Å². The lowest BCUT2D eigenvalue weighted by atomic mass is 10.0. The van der Waals surface area contributed by atoms with E-state index in [9.17, 15) is 14.4 Å². The molecule has 6 nitrogen and oxygen atoms in total. The highest BCUT2D eigenvalue weighted by atomic mass is 16.2. The first-order valence-electron chi connectivity index (χ1n) is 8.28. The predicted molar refractivity (Wildman–Crippen MR) is 83.1 cm³/mol. The van der Waals surface area contributed by atoms with Gasteiger partial charge in [-0.3, -0.25) is 14.5 Å². The first-order chi connectivity index (χ1) is 10.4. The van der Waals surface area contributed by atoms with Crippen molar-refractivity contribution in [2.24, 2.45) is 5.92 Å². The third-order valence-corrected chi connectivity index (χ3v) is 4.20. The van der Waals surface area contributed by atoms with E-state index in [0.717, 1.165) is 37.0 Å². The molecule has 1 saturated carbocycles. The molecule has 6 heteroatoms. The average molecular weight is 309 g/mol. The Kier molecular flexibility index (Phi) is 5.42. The molecule has 1 unspecified atom stereocenters. The number of nitrogens with zero attached hydrogens (tertiary/aromatic N) is 2. The molecule has 0 bridgehead atoms. The zero-order chi connectivity index (χ0) is 16.3. The summed E-state index contributed by atoms with van der Waals surface area (Å²) in [6.45, 7) is 6.29. The molecule has 4 amide bonds. The molecule has 2 fully saturated rings. The summed E-state index contributed by atoms with van der Waals surface area (Å²) in [6, 6.07) is -0.0341. The largest absolute Gasteiger partial charge is 0.352 e. The minimum absolute atomic E-state index is 0.0681. The van der Waals surface area contributed by atoms with E-state index in [1.165, 1.54) is 0 Å². The van der Waals surface area contributed by atoms with Crippen LogP contribution in [0.3, 0.4) is 0 Å². The zero-order valence-corrected chi connectivity index (χ0v) is 13.8. The fourth-order valence-electron chi connectivity index (χ4n) is 2.76. The number of amides is 4. The average Bonchev–Trinajstić information content (AvgIpc) is 3.21. The highest BCUT2D eigenvalue weighted by Gasteiger charge is 2.44. The third-order valence-electron chi connectivity index (χ3n) is 4.20. The van der Waals surface area contributed by atoms with Crippen LogP contribution < -0.4 is 5.32 Å². The lowest BCUT2D eigenvalue weighted by Gasteiger charge is -2.18. The van der Waals surface area contributed by atoms with Crippen molar-refractivity contribution in [1.82, 2.24) is 15.1 Å². The Morgan fingerprint density at radius 3 is 2.50 bits per heavy atom. The van der Waals surface area contributed by atoms with Gasteiger partial charge in [0, 0.05) is 12.1 Å². The maximum absolute atomic E-state index is 12.1. The van der Waals surface area contributed by atoms with Crippen molar-refractivity contribution in [3.05, 3.63) is 0 Å². The molecule has 0 aromatic heterocycles. The van der Waals surface area contributed by atoms with E-state index in [0.29, 0.717) is 5.92 Å². The summed E-state index contributed by atoms with van der Waals surface area (Å²) < 4.78 is 0. The van der Waals surface area contributed by atoms with Crippen LogP contribution in [0.2, 0.25) is 0 Å². The van der Waals surface area contributed by atoms with Gasteiger partial charge in [-0.25, -0.2) is 4.79 Å². The maximum Gasteiger partial charge on any atom is 0.327 e. The minimum Gasteiger partial charge on any atom is -0.352 e. The standard InChI is InChI=1S/C16H27N3O3/c1-11(2)5-4-6-12(3)17-14(20)9-19-15(21)10-18(16(19)22)13-7-8-13/h11-13H,4-10H2,1-3H3,(H,17,20). The van der Waals surface area contributed by atoms with Crippen LogP contribution >= 0.6 is 0 Å². The van der Waals surface area contributed by atoms with E-state index < -0.39 is 0 Å². The van der Waals surface area contributed by atoms with Crippen molar-refractivity contribution in [1.29, 1.82) is 0 Å². The highest BCUT2D eigenvalue weighted by Crippen LogP contribution is 2.30. The second kappa shape index (κ2) is 7.11. The Hall–Kier alpha value is -1.59. The second-order valence-corrected chi connectivity index (χ2v) is 6.91. The molecular formula is C16H27N3O3. The number of urea groups is 1. The van der Waals surface area contributed by atoms with Gasteiger partial charge in [0.1, 0.15) is 13.1 Å². The summed E-state index contributed by atoms with van der Waals surface area (Å²) in [6.07, 6.45) is 5.05. The molecule has 1 N–H and O–H groups in total. The molecule has 1 atom stereocenters. The number of imide groups is 1. The topological polar surface area (TPSA) is 69.7 Å². The quantitative estimate of drug-likeness (QED) is 0.694. The SMILES string of the molecule is CC(C)CCCC(C)NC(=O)CN1C(=O)CN(C2CC2)C1=O. The minimum atomic E-state index is -0.310. The van der Waals surface area contributed by atoms with Crippen molar-refractivity contribution < 1.29 is 14.4 Å². The van der Waals surface area contributed by atoms with E-state index >= 15 is 0 Å². The summed E-state index contributed by atoms with van der Waals surface area (Å²) in [5.41, 5.74) is 0. The molecule has 1 aliphatic carbocycles. The van der Waals surface area contributed by atoms with Gasteiger partial charge in [-0.1, -0.05) is 26.7 Å². The molecule has 0 radical (unpaired) electrons. The Morgan fingerprint density at radius 2 is 1.91 bits per heavy atom. The number of rotatable bonds is 8. The van der Waals surface area contributed by atoms with Gasteiger partial charge < -0.3 is 10.2 Å². The van der Waals surface area contributed by atoms with Gasteiger partial charge in [-0.2, -0.15) is 0 Å². The molecule has 0 aromatic rings. The lowest BCUT2D eigenvalue weighted by molar-refractivity contribution is -0.131. The van der Waals surface area contributed by atoms with Crippen LogP contribution in [0.25, 0.3) is 0 Å². The molecule has 1 heterocycles. The van der Waals surface area contributed by atoms with Gasteiger partial charge in [-0.05, 0) is 32.1 Å². The summed E-state index contributed by atoms with van der Waals surface area (Å²) in [5.74, 6) is 0.145. The Morgan fingerprint density at radius 1 is 1.23 bits per heavy atom. The molecule has 0 spiro atoms. The summed E-state index contributed by atoms with van der Waals surface area (Å²) >= 11 is 0. The zero-order valence-electron chi connectivity index (χ0n) is 13.8. The lowest BCUT2D eigenvalue weighted by Crippen LogP contribution is -2.44. The molecule has 2 rings (SSSR count).